The summed E-state index contributed by atoms with van der Waals surface area (Å²) in [6, 6.07) is -0.754. The molecule has 0 spiro atoms. The van der Waals surface area contributed by atoms with Gasteiger partial charge in [0.15, 0.2) is 0 Å². The fourth-order valence-electron chi connectivity index (χ4n) is 2.89. The topological polar surface area (TPSA) is 78.5 Å². The molecule has 1 aliphatic rings. The van der Waals surface area contributed by atoms with Gasteiger partial charge in [0, 0.05) is 18.6 Å². The van der Waals surface area contributed by atoms with Crippen molar-refractivity contribution in [3.63, 3.8) is 0 Å². The van der Waals surface area contributed by atoms with Gasteiger partial charge in [-0.15, -0.1) is 0 Å². The van der Waals surface area contributed by atoms with E-state index in [0.29, 0.717) is 6.54 Å². The Morgan fingerprint density at radius 2 is 2.05 bits per heavy atom. The van der Waals surface area contributed by atoms with Gasteiger partial charge in [-0.3, -0.25) is 9.69 Å². The molecule has 0 radical (unpaired) electrons. The maximum atomic E-state index is 12.0. The maximum Gasteiger partial charge on any atom is 0.237 e. The first-order valence-corrected chi connectivity index (χ1v) is 9.94. The Bertz CT molecular complexity index is 476. The van der Waals surface area contributed by atoms with Crippen LogP contribution in [0, 0.1) is 5.92 Å². The maximum absolute atomic E-state index is 12.0. The van der Waals surface area contributed by atoms with Crippen molar-refractivity contribution in [2.75, 3.05) is 25.9 Å². The average molecular weight is 333 g/mol. The van der Waals surface area contributed by atoms with Crippen LogP contribution in [0.4, 0.5) is 0 Å². The van der Waals surface area contributed by atoms with Crippen LogP contribution in [-0.4, -0.2) is 56.7 Å². The minimum Gasteiger partial charge on any atom is -0.353 e. The number of nitrogens with one attached hydrogen (secondary N) is 2. The third kappa shape index (κ3) is 6.22. The highest BCUT2D eigenvalue weighted by Crippen LogP contribution is 2.25. The summed E-state index contributed by atoms with van der Waals surface area (Å²) in [5.74, 6) is 0.442. The summed E-state index contributed by atoms with van der Waals surface area (Å²) >= 11 is 0. The van der Waals surface area contributed by atoms with Crippen molar-refractivity contribution in [2.45, 2.75) is 58.5 Å². The molecule has 1 aliphatic heterocycles. The first-order chi connectivity index (χ1) is 10.0. The molecule has 0 unspecified atom stereocenters. The lowest BCUT2D eigenvalue weighted by atomic mass is 9.91. The van der Waals surface area contributed by atoms with Gasteiger partial charge < -0.3 is 5.32 Å². The van der Waals surface area contributed by atoms with Gasteiger partial charge in [0.2, 0.25) is 15.9 Å². The average Bonchev–Trinajstić information content (AvgIpc) is 2.43. The highest BCUT2D eigenvalue weighted by atomic mass is 32.2. The molecule has 2 atom stereocenters. The minimum atomic E-state index is -3.37. The molecule has 1 fully saturated rings. The van der Waals surface area contributed by atoms with Crippen LogP contribution < -0.4 is 10.0 Å². The molecule has 7 heteroatoms. The summed E-state index contributed by atoms with van der Waals surface area (Å²) in [5, 5.41) is 2.87. The van der Waals surface area contributed by atoms with E-state index >= 15 is 0 Å². The number of carbonyl (C=O) groups excluding carboxylic acids is 1. The van der Waals surface area contributed by atoms with E-state index in [-0.39, 0.29) is 11.4 Å². The molecular formula is C15H31N3O3S. The number of carbonyl (C=O) groups is 1. The Labute approximate surface area is 135 Å². The zero-order valence-corrected chi connectivity index (χ0v) is 15.3. The van der Waals surface area contributed by atoms with Crippen LogP contribution >= 0.6 is 0 Å². The van der Waals surface area contributed by atoms with Crippen molar-refractivity contribution in [2.24, 2.45) is 5.92 Å². The Balaban J connectivity index is 2.52. The Kier molecular flexibility index (Phi) is 6.83. The minimum absolute atomic E-state index is 0.131. The molecule has 0 aromatic carbocycles. The molecule has 0 saturated carbocycles. The summed E-state index contributed by atoms with van der Waals surface area (Å²) in [6.07, 6.45) is 4.72. The van der Waals surface area contributed by atoms with Crippen LogP contribution in [0.25, 0.3) is 0 Å². The predicted molar refractivity (Wildman–Crippen MR) is 89.1 cm³/mol. The Morgan fingerprint density at radius 3 is 2.59 bits per heavy atom. The van der Waals surface area contributed by atoms with Crippen molar-refractivity contribution in [3.8, 4) is 0 Å². The number of sulfonamides is 1. The molecule has 1 heterocycles. The van der Waals surface area contributed by atoms with E-state index in [1.165, 1.54) is 19.3 Å². The van der Waals surface area contributed by atoms with Gasteiger partial charge in [-0.1, -0.05) is 13.3 Å². The zero-order valence-electron chi connectivity index (χ0n) is 14.5. The second kappa shape index (κ2) is 7.75. The van der Waals surface area contributed by atoms with E-state index in [4.69, 9.17) is 0 Å². The fourth-order valence-corrected chi connectivity index (χ4v) is 3.64. The number of rotatable bonds is 7. The van der Waals surface area contributed by atoms with Crippen molar-refractivity contribution in [3.05, 3.63) is 0 Å². The third-order valence-electron chi connectivity index (χ3n) is 4.43. The van der Waals surface area contributed by atoms with Crippen molar-refractivity contribution >= 4 is 15.9 Å². The van der Waals surface area contributed by atoms with Crippen LogP contribution in [0.2, 0.25) is 0 Å². The van der Waals surface area contributed by atoms with Crippen LogP contribution in [0.5, 0.6) is 0 Å². The molecule has 1 rings (SSSR count). The van der Waals surface area contributed by atoms with E-state index in [1.54, 1.807) is 6.92 Å². The number of likely N-dealkylation sites (tertiary alicyclic amines) is 1. The van der Waals surface area contributed by atoms with E-state index < -0.39 is 16.1 Å². The molecular weight excluding hydrogens is 302 g/mol. The number of hydrogen-bond acceptors (Lipinski definition) is 4. The van der Waals surface area contributed by atoms with Crippen LogP contribution in [0.15, 0.2) is 0 Å². The Morgan fingerprint density at radius 1 is 1.41 bits per heavy atom. The van der Waals surface area contributed by atoms with Gasteiger partial charge in [0.1, 0.15) is 0 Å². The number of hydrogen-bond donors (Lipinski definition) is 2. The van der Waals surface area contributed by atoms with Crippen molar-refractivity contribution in [1.82, 2.24) is 14.9 Å². The molecule has 6 nitrogen and oxygen atoms in total. The number of amides is 1. The van der Waals surface area contributed by atoms with E-state index in [0.717, 1.165) is 25.3 Å². The molecule has 0 aromatic heterocycles. The highest BCUT2D eigenvalue weighted by molar-refractivity contribution is 7.88. The molecule has 0 bridgehead atoms. The highest BCUT2D eigenvalue weighted by Gasteiger charge is 2.31. The first kappa shape index (κ1) is 19.4. The SMILES string of the molecule is CC[C@H]1CCCN(C(C)(C)CNC(=O)[C@H](C)NS(C)(=O)=O)C1. The molecule has 1 saturated heterocycles. The zero-order chi connectivity index (χ0) is 17.0. The molecule has 22 heavy (non-hydrogen) atoms. The molecule has 2 N–H and O–H groups in total. The van der Waals surface area contributed by atoms with Crippen molar-refractivity contribution < 1.29 is 13.2 Å². The van der Waals surface area contributed by atoms with Crippen LogP contribution in [-0.2, 0) is 14.8 Å². The van der Waals surface area contributed by atoms with Crippen LogP contribution in [0.1, 0.15) is 47.0 Å². The smallest absolute Gasteiger partial charge is 0.237 e. The van der Waals surface area contributed by atoms with Gasteiger partial charge in [0.25, 0.3) is 0 Å². The largest absolute Gasteiger partial charge is 0.353 e. The van der Waals surface area contributed by atoms with Gasteiger partial charge >= 0.3 is 0 Å². The molecule has 1 amide bonds. The number of piperidine rings is 1. The summed E-state index contributed by atoms with van der Waals surface area (Å²) in [7, 11) is -3.37. The lowest BCUT2D eigenvalue weighted by Gasteiger charge is -2.43. The van der Waals surface area contributed by atoms with Gasteiger partial charge in [-0.2, -0.15) is 0 Å². The summed E-state index contributed by atoms with van der Waals surface area (Å²) < 4.78 is 24.6. The number of nitrogens with zero attached hydrogens (tertiary/aromatic N) is 1. The molecule has 130 valence electrons. The summed E-state index contributed by atoms with van der Waals surface area (Å²) in [6.45, 7) is 10.7. The van der Waals surface area contributed by atoms with Crippen LogP contribution in [0.3, 0.4) is 0 Å². The fraction of sp³-hybridized carbons (Fsp3) is 0.933. The lowest BCUT2D eigenvalue weighted by Crippen LogP contribution is -2.56. The van der Waals surface area contributed by atoms with Gasteiger partial charge in [0.05, 0.1) is 12.3 Å². The van der Waals surface area contributed by atoms with Gasteiger partial charge in [-0.05, 0) is 46.1 Å². The monoisotopic (exact) mass is 333 g/mol. The summed E-state index contributed by atoms with van der Waals surface area (Å²) in [5.41, 5.74) is -0.131. The Hall–Kier alpha value is -0.660. The first-order valence-electron chi connectivity index (χ1n) is 8.05. The quantitative estimate of drug-likeness (QED) is 0.727. The second-order valence-electron chi connectivity index (χ2n) is 7.00. The van der Waals surface area contributed by atoms with Crippen molar-refractivity contribution in [1.29, 1.82) is 0 Å². The lowest BCUT2D eigenvalue weighted by molar-refractivity contribution is -0.123. The van der Waals surface area contributed by atoms with Gasteiger partial charge in [-0.25, -0.2) is 13.1 Å². The second-order valence-corrected chi connectivity index (χ2v) is 8.78. The summed E-state index contributed by atoms with van der Waals surface area (Å²) in [4.78, 5) is 14.4. The molecule has 0 aromatic rings. The molecule has 0 aliphatic carbocycles. The van der Waals surface area contributed by atoms with E-state index in [9.17, 15) is 13.2 Å². The standard InChI is InChI=1S/C15H31N3O3S/c1-6-13-8-7-9-18(10-13)15(3,4)11-16-14(19)12(2)17-22(5,20)21/h12-13,17H,6-11H2,1-5H3,(H,16,19)/t12-,13-/m0/s1. The van der Waals surface area contributed by atoms with E-state index in [2.05, 4.69) is 35.7 Å². The predicted octanol–water partition coefficient (Wildman–Crippen LogP) is 0.941. The third-order valence-corrected chi connectivity index (χ3v) is 5.21. The van der Waals surface area contributed by atoms with E-state index in [1.807, 2.05) is 0 Å². The normalized spacial score (nSPS) is 22.3.